The minimum atomic E-state index is -1.10. The summed E-state index contributed by atoms with van der Waals surface area (Å²) >= 11 is 6.06. The van der Waals surface area contributed by atoms with Gasteiger partial charge in [0.05, 0.1) is 19.5 Å². The largest absolute Gasteiger partial charge is 0.387 e. The van der Waals surface area contributed by atoms with Crippen LogP contribution in [0.4, 0.5) is 5.82 Å². The van der Waals surface area contributed by atoms with Crippen LogP contribution >= 0.6 is 11.6 Å². The van der Waals surface area contributed by atoms with Gasteiger partial charge in [-0.15, -0.1) is 0 Å². The molecule has 0 saturated carbocycles. The molecule has 11 heteroatoms. The molecule has 10 nitrogen and oxygen atoms in total. The van der Waals surface area contributed by atoms with E-state index in [2.05, 4.69) is 25.2 Å². The van der Waals surface area contributed by atoms with E-state index in [-0.39, 0.29) is 0 Å². The van der Waals surface area contributed by atoms with E-state index >= 15 is 0 Å². The van der Waals surface area contributed by atoms with Crippen molar-refractivity contribution >= 4 is 28.6 Å². The molecular weight excluding hydrogens is 436 g/mol. The van der Waals surface area contributed by atoms with Crippen molar-refractivity contribution in [1.29, 1.82) is 0 Å². The second-order valence-corrected chi connectivity index (χ2v) is 8.43. The third kappa shape index (κ3) is 4.29. The number of anilines is 1. The van der Waals surface area contributed by atoms with Crippen LogP contribution in [-0.4, -0.2) is 85.8 Å². The van der Waals surface area contributed by atoms with Crippen molar-refractivity contribution in [3.8, 4) is 0 Å². The molecular formula is C21H25ClN6O4. The van der Waals surface area contributed by atoms with Gasteiger partial charge in [0.25, 0.3) is 0 Å². The number of nitrogens with one attached hydrogen (secondary N) is 1. The smallest absolute Gasteiger partial charge is 0.167 e. The Bertz CT molecular complexity index is 1080. The summed E-state index contributed by atoms with van der Waals surface area (Å²) in [5.41, 5.74) is 2.07. The van der Waals surface area contributed by atoms with Gasteiger partial charge in [0.15, 0.2) is 23.2 Å². The Labute approximate surface area is 189 Å². The van der Waals surface area contributed by atoms with E-state index < -0.39 is 24.5 Å². The Morgan fingerprint density at radius 3 is 2.78 bits per heavy atom. The van der Waals surface area contributed by atoms with E-state index in [9.17, 15) is 10.2 Å². The second-order valence-electron chi connectivity index (χ2n) is 7.99. The van der Waals surface area contributed by atoms with Crippen LogP contribution < -0.4 is 5.32 Å². The van der Waals surface area contributed by atoms with Crippen molar-refractivity contribution in [2.45, 2.75) is 31.1 Å². The Hall–Kier alpha value is -2.34. The molecule has 0 radical (unpaired) electrons. The number of aromatic nitrogens is 4. The first-order chi connectivity index (χ1) is 15.6. The van der Waals surface area contributed by atoms with Crippen LogP contribution in [0.25, 0.3) is 11.2 Å². The third-order valence-electron chi connectivity index (χ3n) is 5.86. The first kappa shape index (κ1) is 21.5. The molecule has 0 aliphatic carbocycles. The first-order valence-electron chi connectivity index (χ1n) is 10.6. The summed E-state index contributed by atoms with van der Waals surface area (Å²) in [6.07, 6.45) is -0.436. The number of hydrogen-bond donors (Lipinski definition) is 3. The van der Waals surface area contributed by atoms with Gasteiger partial charge >= 0.3 is 0 Å². The Kier molecular flexibility index (Phi) is 6.22. The zero-order valence-electron chi connectivity index (χ0n) is 17.3. The van der Waals surface area contributed by atoms with Gasteiger partial charge in [0.1, 0.15) is 24.6 Å². The fourth-order valence-corrected chi connectivity index (χ4v) is 4.36. The van der Waals surface area contributed by atoms with Gasteiger partial charge in [-0.1, -0.05) is 23.7 Å². The number of halogens is 1. The number of ether oxygens (including phenoxy) is 2. The molecule has 4 heterocycles. The summed E-state index contributed by atoms with van der Waals surface area (Å²) < 4.78 is 13.1. The van der Waals surface area contributed by atoms with Gasteiger partial charge < -0.3 is 25.0 Å². The average molecular weight is 461 g/mol. The molecule has 3 aromatic rings. The fraction of sp³-hybridized carbons (Fsp3) is 0.476. The van der Waals surface area contributed by atoms with E-state index in [0.29, 0.717) is 48.3 Å². The standard InChI is InChI=1S/C21H25ClN6O4/c22-14-3-1-2-13(8-14)9-23-19-16-20(25-11-24-19)28(12-26-16)21-18(30)17(29)15(32-21)10-27-4-6-31-7-5-27/h1-3,8,11-12,15,17-18,21,29-30H,4-7,9-10H2,(H,23,24,25)/t15-,17-,18-,21-/m1/s1. The van der Waals surface area contributed by atoms with Crippen LogP contribution in [-0.2, 0) is 16.0 Å². The minimum Gasteiger partial charge on any atom is -0.387 e. The maximum absolute atomic E-state index is 10.7. The van der Waals surface area contributed by atoms with Gasteiger partial charge in [-0.2, -0.15) is 0 Å². The third-order valence-corrected chi connectivity index (χ3v) is 6.10. The van der Waals surface area contributed by atoms with Crippen molar-refractivity contribution < 1.29 is 19.7 Å². The topological polar surface area (TPSA) is 118 Å². The molecule has 2 saturated heterocycles. The zero-order valence-corrected chi connectivity index (χ0v) is 18.1. The van der Waals surface area contributed by atoms with E-state index in [0.717, 1.165) is 18.7 Å². The number of nitrogens with zero attached hydrogens (tertiary/aromatic N) is 5. The molecule has 0 spiro atoms. The summed E-state index contributed by atoms with van der Waals surface area (Å²) in [6.45, 7) is 3.90. The molecule has 0 bridgehead atoms. The highest BCUT2D eigenvalue weighted by molar-refractivity contribution is 6.30. The number of rotatable bonds is 6. The normalized spacial score (nSPS) is 26.6. The number of morpholine rings is 1. The van der Waals surface area contributed by atoms with E-state index in [1.807, 2.05) is 24.3 Å². The highest BCUT2D eigenvalue weighted by Gasteiger charge is 2.45. The molecule has 2 aliphatic heterocycles. The predicted molar refractivity (Wildman–Crippen MR) is 117 cm³/mol. The quantitative estimate of drug-likeness (QED) is 0.496. The highest BCUT2D eigenvalue weighted by atomic mass is 35.5. The van der Waals surface area contributed by atoms with Crippen molar-refractivity contribution in [1.82, 2.24) is 24.4 Å². The van der Waals surface area contributed by atoms with Crippen molar-refractivity contribution in [3.05, 3.63) is 47.5 Å². The van der Waals surface area contributed by atoms with Gasteiger partial charge in [0, 0.05) is 31.2 Å². The van der Waals surface area contributed by atoms with Crippen LogP contribution in [0.3, 0.4) is 0 Å². The van der Waals surface area contributed by atoms with Gasteiger partial charge in [-0.05, 0) is 17.7 Å². The molecule has 1 aromatic carbocycles. The molecule has 3 N–H and O–H groups in total. The molecule has 0 unspecified atom stereocenters. The Morgan fingerprint density at radius 1 is 1.12 bits per heavy atom. The Balaban J connectivity index is 1.33. The monoisotopic (exact) mass is 460 g/mol. The lowest BCUT2D eigenvalue weighted by atomic mass is 10.1. The molecule has 170 valence electrons. The van der Waals surface area contributed by atoms with Crippen LogP contribution in [0, 0.1) is 0 Å². The first-order valence-corrected chi connectivity index (χ1v) is 11.0. The summed E-state index contributed by atoms with van der Waals surface area (Å²) in [7, 11) is 0. The van der Waals surface area contributed by atoms with Crippen LogP contribution in [0.5, 0.6) is 0 Å². The molecule has 5 rings (SSSR count). The molecule has 2 aromatic heterocycles. The van der Waals surface area contributed by atoms with Crippen molar-refractivity contribution in [2.75, 3.05) is 38.2 Å². The fourth-order valence-electron chi connectivity index (χ4n) is 4.15. The lowest BCUT2D eigenvalue weighted by Crippen LogP contribution is -2.44. The highest BCUT2D eigenvalue weighted by Crippen LogP contribution is 2.32. The van der Waals surface area contributed by atoms with Gasteiger partial charge in [-0.3, -0.25) is 9.47 Å². The second kappa shape index (κ2) is 9.26. The van der Waals surface area contributed by atoms with Gasteiger partial charge in [0.2, 0.25) is 0 Å². The predicted octanol–water partition coefficient (Wildman–Crippen LogP) is 1.04. The maximum Gasteiger partial charge on any atom is 0.167 e. The molecule has 32 heavy (non-hydrogen) atoms. The molecule has 0 amide bonds. The van der Waals surface area contributed by atoms with E-state index in [1.54, 1.807) is 10.9 Å². The number of imidazole rings is 1. The maximum atomic E-state index is 10.7. The summed E-state index contributed by atoms with van der Waals surface area (Å²) in [4.78, 5) is 15.3. The lowest BCUT2D eigenvalue weighted by molar-refractivity contribution is -0.0549. The Morgan fingerprint density at radius 2 is 1.97 bits per heavy atom. The van der Waals surface area contributed by atoms with Gasteiger partial charge in [-0.25, -0.2) is 15.0 Å². The van der Waals surface area contributed by atoms with E-state index in [1.165, 1.54) is 6.33 Å². The number of benzene rings is 1. The molecule has 2 fully saturated rings. The summed E-state index contributed by atoms with van der Waals surface area (Å²) in [5.74, 6) is 0.562. The number of hydrogen-bond acceptors (Lipinski definition) is 9. The minimum absolute atomic E-state index is 0.511. The lowest BCUT2D eigenvalue weighted by Gasteiger charge is -2.29. The zero-order chi connectivity index (χ0) is 22.1. The van der Waals surface area contributed by atoms with Crippen LogP contribution in [0.1, 0.15) is 11.8 Å². The molecule has 4 atom stereocenters. The van der Waals surface area contributed by atoms with Crippen LogP contribution in [0.15, 0.2) is 36.9 Å². The number of aliphatic hydroxyl groups is 2. The van der Waals surface area contributed by atoms with Crippen molar-refractivity contribution in [2.24, 2.45) is 0 Å². The average Bonchev–Trinajstić information content (AvgIpc) is 3.35. The number of fused-ring (bicyclic) bond motifs is 1. The van der Waals surface area contributed by atoms with Crippen LogP contribution in [0.2, 0.25) is 5.02 Å². The SMILES string of the molecule is O[C@@H]1[C@H](O)[C@@H](CN2CCOCC2)O[C@H]1n1cnc2c(NCc3cccc(Cl)c3)ncnc21. The van der Waals surface area contributed by atoms with Crippen molar-refractivity contribution in [3.63, 3.8) is 0 Å². The summed E-state index contributed by atoms with van der Waals surface area (Å²) in [6, 6.07) is 7.56. The number of aliphatic hydroxyl groups excluding tert-OH is 2. The summed E-state index contributed by atoms with van der Waals surface area (Å²) in [5, 5.41) is 25.2. The molecule has 2 aliphatic rings. The van der Waals surface area contributed by atoms with E-state index in [4.69, 9.17) is 21.1 Å².